The van der Waals surface area contributed by atoms with E-state index in [1.165, 1.54) is 16.7 Å². The molecule has 2 aromatic rings. The minimum atomic E-state index is 0.283. The molecule has 3 rings (SSSR count). The molecule has 1 saturated heterocycles. The molecule has 0 spiro atoms. The minimum absolute atomic E-state index is 0.283. The Morgan fingerprint density at radius 2 is 1.42 bits per heavy atom. The first-order chi connectivity index (χ1) is 18.5. The topological polar surface area (TPSA) is 32.3 Å². The molecule has 38 heavy (non-hydrogen) atoms. The zero-order valence-corrected chi connectivity index (χ0v) is 25.1. The standard InChI is InChI=1S/C15H16.C13H22N2O.C3H6.C2H6.C2H4/c1-13(15-10-6-3-7-11-15)12-14-8-4-2-5-9-14;1-3-5-12(4-2)6-7-13(16)15-10-8-14-9-11-15;1-3-2;2*1-2/h2-11,13H,12H2,1H3;3-5,14H,6-11H2,1-2H3;3H,1H2,2H3;1-2H3;1-2H2/b;5-3-,12-4+;;;/t13-;;;;/m1..../s1. The minimum Gasteiger partial charge on any atom is -0.340 e. The van der Waals surface area contributed by atoms with Crippen molar-refractivity contribution in [2.75, 3.05) is 26.2 Å². The predicted octanol–water partition coefficient (Wildman–Crippen LogP) is 8.77. The summed E-state index contributed by atoms with van der Waals surface area (Å²) in [5, 5.41) is 3.25. The first kappa shape index (κ1) is 37.0. The Balaban J connectivity index is 0. The zero-order chi connectivity index (χ0) is 29.0. The van der Waals surface area contributed by atoms with Gasteiger partial charge in [-0.25, -0.2) is 0 Å². The quantitative estimate of drug-likeness (QED) is 0.293. The van der Waals surface area contributed by atoms with Crippen LogP contribution < -0.4 is 5.32 Å². The van der Waals surface area contributed by atoms with Gasteiger partial charge in [0.15, 0.2) is 0 Å². The van der Waals surface area contributed by atoms with Crippen LogP contribution in [0.2, 0.25) is 0 Å². The molecular formula is C35H54N2O. The monoisotopic (exact) mass is 518 g/mol. The van der Waals surface area contributed by atoms with Crippen molar-refractivity contribution in [3.8, 4) is 0 Å². The first-order valence-electron chi connectivity index (χ1n) is 14.0. The van der Waals surface area contributed by atoms with Crippen molar-refractivity contribution in [2.24, 2.45) is 0 Å². The molecule has 2 aromatic carbocycles. The molecule has 210 valence electrons. The number of nitrogens with zero attached hydrogens (tertiary/aromatic N) is 1. The third-order valence-corrected chi connectivity index (χ3v) is 5.60. The number of benzene rings is 2. The highest BCUT2D eigenvalue weighted by molar-refractivity contribution is 5.76. The summed E-state index contributed by atoms with van der Waals surface area (Å²) in [4.78, 5) is 13.8. The maximum Gasteiger partial charge on any atom is 0.222 e. The Bertz CT molecular complexity index is 865. The summed E-state index contributed by atoms with van der Waals surface area (Å²) < 4.78 is 0. The van der Waals surface area contributed by atoms with Crippen LogP contribution in [-0.4, -0.2) is 37.0 Å². The van der Waals surface area contributed by atoms with Gasteiger partial charge in [-0.05, 0) is 50.7 Å². The molecule has 3 nitrogen and oxygen atoms in total. The van der Waals surface area contributed by atoms with E-state index in [4.69, 9.17) is 0 Å². The second-order valence-corrected chi connectivity index (χ2v) is 8.40. The van der Waals surface area contributed by atoms with Crippen molar-refractivity contribution in [3.63, 3.8) is 0 Å². The lowest BCUT2D eigenvalue weighted by Crippen LogP contribution is -2.46. The van der Waals surface area contributed by atoms with Gasteiger partial charge in [0, 0.05) is 32.6 Å². The molecule has 0 bridgehead atoms. The van der Waals surface area contributed by atoms with Crippen LogP contribution in [0.1, 0.15) is 71.4 Å². The molecule has 1 heterocycles. The van der Waals surface area contributed by atoms with Gasteiger partial charge in [-0.1, -0.05) is 111 Å². The fourth-order valence-corrected chi connectivity index (χ4v) is 3.73. The Labute approximate surface area is 235 Å². The molecule has 1 fully saturated rings. The van der Waals surface area contributed by atoms with Crippen LogP contribution in [0.3, 0.4) is 0 Å². The van der Waals surface area contributed by atoms with Crippen LogP contribution >= 0.6 is 0 Å². The normalized spacial score (nSPS) is 13.1. The Morgan fingerprint density at radius 3 is 1.89 bits per heavy atom. The van der Waals surface area contributed by atoms with Gasteiger partial charge in [0.1, 0.15) is 0 Å². The van der Waals surface area contributed by atoms with Gasteiger partial charge in [0.2, 0.25) is 5.91 Å². The number of rotatable bonds is 7. The first-order valence-corrected chi connectivity index (χ1v) is 14.0. The van der Waals surface area contributed by atoms with E-state index in [-0.39, 0.29) is 5.91 Å². The molecular weight excluding hydrogens is 464 g/mol. The Hall–Kier alpha value is -3.17. The summed E-state index contributed by atoms with van der Waals surface area (Å²) in [7, 11) is 0. The van der Waals surface area contributed by atoms with E-state index in [1.54, 1.807) is 6.08 Å². The van der Waals surface area contributed by atoms with E-state index in [1.807, 2.05) is 45.6 Å². The number of amides is 1. The second-order valence-electron chi connectivity index (χ2n) is 8.40. The lowest BCUT2D eigenvalue weighted by Gasteiger charge is -2.27. The third-order valence-electron chi connectivity index (χ3n) is 5.60. The summed E-state index contributed by atoms with van der Waals surface area (Å²) in [5.74, 6) is 0.874. The van der Waals surface area contributed by atoms with E-state index in [0.29, 0.717) is 12.3 Å². The maximum atomic E-state index is 11.9. The lowest BCUT2D eigenvalue weighted by atomic mass is 9.94. The van der Waals surface area contributed by atoms with Crippen molar-refractivity contribution in [3.05, 3.63) is 121 Å². The number of hydrogen-bond donors (Lipinski definition) is 1. The van der Waals surface area contributed by atoms with Gasteiger partial charge in [0.25, 0.3) is 0 Å². The highest BCUT2D eigenvalue weighted by atomic mass is 16.2. The van der Waals surface area contributed by atoms with Crippen molar-refractivity contribution in [1.29, 1.82) is 0 Å². The molecule has 0 aliphatic carbocycles. The van der Waals surface area contributed by atoms with Gasteiger partial charge >= 0.3 is 0 Å². The number of hydrogen-bond acceptors (Lipinski definition) is 2. The summed E-state index contributed by atoms with van der Waals surface area (Å²) in [6.45, 7) is 25.1. The molecule has 1 atom stereocenters. The highest BCUT2D eigenvalue weighted by Crippen LogP contribution is 2.19. The number of nitrogens with one attached hydrogen (secondary N) is 1. The lowest BCUT2D eigenvalue weighted by molar-refractivity contribution is -0.131. The summed E-state index contributed by atoms with van der Waals surface area (Å²) in [6, 6.07) is 21.4. The van der Waals surface area contributed by atoms with Crippen LogP contribution in [0.25, 0.3) is 0 Å². The zero-order valence-electron chi connectivity index (χ0n) is 25.1. The third kappa shape index (κ3) is 18.1. The fraction of sp³-hybridized carbons (Fsp3) is 0.400. The van der Waals surface area contributed by atoms with Gasteiger partial charge in [0.05, 0.1) is 0 Å². The summed E-state index contributed by atoms with van der Waals surface area (Å²) >= 11 is 0. The van der Waals surface area contributed by atoms with Gasteiger partial charge in [-0.3, -0.25) is 4.79 Å². The fourth-order valence-electron chi connectivity index (χ4n) is 3.73. The molecule has 0 saturated carbocycles. The number of carbonyl (C=O) groups is 1. The predicted molar refractivity (Wildman–Crippen MR) is 171 cm³/mol. The largest absolute Gasteiger partial charge is 0.340 e. The average molecular weight is 519 g/mol. The molecule has 0 radical (unpaired) electrons. The van der Waals surface area contributed by atoms with Crippen molar-refractivity contribution < 1.29 is 4.79 Å². The highest BCUT2D eigenvalue weighted by Gasteiger charge is 2.15. The Morgan fingerprint density at radius 1 is 0.921 bits per heavy atom. The van der Waals surface area contributed by atoms with Crippen molar-refractivity contribution in [2.45, 2.75) is 66.7 Å². The SMILES string of the molecule is C/C=C\C(=C/C)CCC(=O)N1CCNCC1.C=C.C=CC.CC.C[C@H](Cc1ccccc1)c1ccccc1. The van der Waals surface area contributed by atoms with Crippen LogP contribution in [-0.2, 0) is 11.2 Å². The summed E-state index contributed by atoms with van der Waals surface area (Å²) in [6.07, 6.45) is 10.5. The van der Waals surface area contributed by atoms with Gasteiger partial charge in [-0.15, -0.1) is 19.7 Å². The van der Waals surface area contributed by atoms with Crippen LogP contribution in [0.5, 0.6) is 0 Å². The van der Waals surface area contributed by atoms with Crippen LogP contribution in [0.15, 0.2) is 110 Å². The van der Waals surface area contributed by atoms with Crippen LogP contribution in [0.4, 0.5) is 0 Å². The molecule has 3 heteroatoms. The molecule has 1 N–H and O–H groups in total. The second kappa shape index (κ2) is 26.9. The van der Waals surface area contributed by atoms with E-state index >= 15 is 0 Å². The maximum absolute atomic E-state index is 11.9. The van der Waals surface area contributed by atoms with E-state index in [9.17, 15) is 4.79 Å². The number of carbonyl (C=O) groups excluding carboxylic acids is 1. The molecule has 0 aromatic heterocycles. The Kier molecular flexibility index (Phi) is 26.2. The number of allylic oxidation sites excluding steroid dienone is 5. The van der Waals surface area contributed by atoms with Crippen molar-refractivity contribution >= 4 is 5.91 Å². The number of piperazine rings is 1. The van der Waals surface area contributed by atoms with Gasteiger partial charge in [-0.2, -0.15) is 0 Å². The van der Waals surface area contributed by atoms with Crippen LogP contribution in [0, 0.1) is 0 Å². The molecule has 1 aliphatic heterocycles. The summed E-state index contributed by atoms with van der Waals surface area (Å²) in [5.41, 5.74) is 4.07. The molecule has 0 unspecified atom stereocenters. The van der Waals surface area contributed by atoms with E-state index < -0.39 is 0 Å². The van der Waals surface area contributed by atoms with Gasteiger partial charge < -0.3 is 10.2 Å². The van der Waals surface area contributed by atoms with E-state index in [0.717, 1.165) is 39.0 Å². The molecule has 1 aliphatic rings. The molecule has 1 amide bonds. The van der Waals surface area contributed by atoms with E-state index in [2.05, 4.69) is 105 Å². The smallest absolute Gasteiger partial charge is 0.222 e. The van der Waals surface area contributed by atoms with Crippen molar-refractivity contribution in [1.82, 2.24) is 10.2 Å². The average Bonchev–Trinajstić information content (AvgIpc) is 2.99.